The summed E-state index contributed by atoms with van der Waals surface area (Å²) in [4.78, 5) is 22.0. The minimum Gasteiger partial charge on any atom is -0.368 e. The maximum absolute atomic E-state index is 13.2. The van der Waals surface area contributed by atoms with E-state index in [1.54, 1.807) is 4.68 Å². The van der Waals surface area contributed by atoms with Crippen LogP contribution >= 0.6 is 0 Å². The zero-order valence-corrected chi connectivity index (χ0v) is 17.1. The molecule has 4 aromatic rings. The molecule has 1 saturated heterocycles. The van der Waals surface area contributed by atoms with Crippen molar-refractivity contribution in [2.24, 2.45) is 0 Å². The number of anilines is 1. The highest BCUT2D eigenvalue weighted by molar-refractivity contribution is 5.91. The molecule has 1 amide bonds. The Labute approximate surface area is 181 Å². The van der Waals surface area contributed by atoms with Gasteiger partial charge in [-0.05, 0) is 24.3 Å². The fourth-order valence-electron chi connectivity index (χ4n) is 3.87. The van der Waals surface area contributed by atoms with Crippen LogP contribution in [0.2, 0.25) is 0 Å². The predicted molar refractivity (Wildman–Crippen MR) is 121 cm³/mol. The lowest BCUT2D eigenvalue weighted by Gasteiger charge is -2.35. The highest BCUT2D eigenvalue weighted by Crippen LogP contribution is 2.22. The lowest BCUT2D eigenvalue weighted by atomic mass is 10.2. The molecule has 1 aliphatic heterocycles. The maximum Gasteiger partial charge on any atom is 0.293 e. The van der Waals surface area contributed by atoms with Crippen molar-refractivity contribution < 1.29 is 4.79 Å². The second kappa shape index (κ2) is 8.44. The lowest BCUT2D eigenvalue weighted by Crippen LogP contribution is -2.49. The molecule has 31 heavy (non-hydrogen) atoms. The largest absolute Gasteiger partial charge is 0.368 e. The monoisotopic (exact) mass is 409 g/mol. The molecular weight excluding hydrogens is 386 g/mol. The summed E-state index contributed by atoms with van der Waals surface area (Å²) in [5.74, 6) is 0.772. The molecule has 0 bridgehead atoms. The molecule has 0 N–H and O–H groups in total. The third-order valence-electron chi connectivity index (χ3n) is 5.52. The van der Waals surface area contributed by atoms with E-state index in [0.29, 0.717) is 18.9 Å². The van der Waals surface area contributed by atoms with Crippen molar-refractivity contribution in [3.63, 3.8) is 0 Å². The van der Waals surface area contributed by atoms with Gasteiger partial charge in [-0.2, -0.15) is 0 Å². The molecule has 0 saturated carbocycles. The molecule has 5 rings (SSSR count). The summed E-state index contributed by atoms with van der Waals surface area (Å²) in [5.41, 5.74) is 2.99. The van der Waals surface area contributed by atoms with Crippen LogP contribution in [0.25, 0.3) is 17.1 Å². The van der Waals surface area contributed by atoms with Crippen molar-refractivity contribution in [3.05, 3.63) is 96.8 Å². The van der Waals surface area contributed by atoms with Gasteiger partial charge in [0.15, 0.2) is 5.82 Å². The number of aromatic nitrogens is 3. The van der Waals surface area contributed by atoms with E-state index in [-0.39, 0.29) is 11.7 Å². The molecule has 1 aliphatic rings. The predicted octanol–water partition coefficient (Wildman–Crippen LogP) is 3.90. The Balaban J connectivity index is 1.40. The van der Waals surface area contributed by atoms with Crippen molar-refractivity contribution in [2.45, 2.75) is 0 Å². The van der Waals surface area contributed by atoms with E-state index in [0.717, 1.165) is 24.3 Å². The minimum atomic E-state index is -0.125. The van der Waals surface area contributed by atoms with Crippen LogP contribution in [-0.4, -0.2) is 51.8 Å². The van der Waals surface area contributed by atoms with E-state index in [9.17, 15) is 4.79 Å². The SMILES string of the molecule is O=C(c1nc(-c2ccccc2)n(-c2ccccc2)n1)N1CCN(c2ccccc2)CC1. The molecule has 0 radical (unpaired) electrons. The molecule has 2 heterocycles. The smallest absolute Gasteiger partial charge is 0.293 e. The maximum atomic E-state index is 13.2. The van der Waals surface area contributed by atoms with Crippen LogP contribution < -0.4 is 4.90 Å². The Morgan fingerprint density at radius 3 is 1.84 bits per heavy atom. The standard InChI is InChI=1S/C25H23N5O/c31-25(29-18-16-28(17-19-29)21-12-6-2-7-13-21)23-26-24(20-10-4-1-5-11-20)30(27-23)22-14-8-3-9-15-22/h1-15H,16-19H2. The number of hydrogen-bond acceptors (Lipinski definition) is 4. The Kier molecular flexibility index (Phi) is 5.19. The van der Waals surface area contributed by atoms with Crippen LogP contribution in [0.5, 0.6) is 0 Å². The molecule has 1 aromatic heterocycles. The molecule has 0 spiro atoms. The van der Waals surface area contributed by atoms with Gasteiger partial charge in [0.2, 0.25) is 5.82 Å². The number of para-hydroxylation sites is 2. The summed E-state index contributed by atoms with van der Waals surface area (Å²) in [6.07, 6.45) is 0. The number of nitrogens with zero attached hydrogens (tertiary/aromatic N) is 5. The third-order valence-corrected chi connectivity index (χ3v) is 5.52. The fourth-order valence-corrected chi connectivity index (χ4v) is 3.87. The van der Waals surface area contributed by atoms with Crippen LogP contribution in [0.4, 0.5) is 5.69 Å². The van der Waals surface area contributed by atoms with Gasteiger partial charge in [-0.3, -0.25) is 4.79 Å². The highest BCUT2D eigenvalue weighted by Gasteiger charge is 2.26. The normalized spacial score (nSPS) is 13.9. The molecule has 0 unspecified atom stereocenters. The van der Waals surface area contributed by atoms with E-state index in [2.05, 4.69) is 27.1 Å². The van der Waals surface area contributed by atoms with Crippen molar-refractivity contribution in [1.29, 1.82) is 0 Å². The molecule has 3 aromatic carbocycles. The van der Waals surface area contributed by atoms with Crippen molar-refractivity contribution >= 4 is 11.6 Å². The fraction of sp³-hybridized carbons (Fsp3) is 0.160. The second-order valence-electron chi connectivity index (χ2n) is 7.49. The van der Waals surface area contributed by atoms with Gasteiger partial charge in [-0.1, -0.05) is 66.7 Å². The number of carbonyl (C=O) groups is 1. The first-order chi connectivity index (χ1) is 15.3. The van der Waals surface area contributed by atoms with E-state index in [1.807, 2.05) is 83.8 Å². The van der Waals surface area contributed by atoms with Crippen molar-refractivity contribution in [3.8, 4) is 17.1 Å². The first-order valence-electron chi connectivity index (χ1n) is 10.5. The van der Waals surface area contributed by atoms with Crippen molar-refractivity contribution in [1.82, 2.24) is 19.7 Å². The Morgan fingerprint density at radius 2 is 1.23 bits per heavy atom. The Bertz CT molecular complexity index is 1090. The first kappa shape index (κ1) is 19.1. The number of piperazine rings is 1. The quantitative estimate of drug-likeness (QED) is 0.513. The summed E-state index contributed by atoms with van der Waals surface area (Å²) in [7, 11) is 0. The number of benzene rings is 3. The zero-order chi connectivity index (χ0) is 21.0. The number of rotatable bonds is 4. The Hall–Kier alpha value is -3.93. The van der Waals surface area contributed by atoms with Crippen LogP contribution in [0.3, 0.4) is 0 Å². The average Bonchev–Trinajstić information content (AvgIpc) is 3.31. The molecule has 6 nitrogen and oxygen atoms in total. The van der Waals surface area contributed by atoms with Gasteiger partial charge in [0, 0.05) is 37.4 Å². The number of carbonyl (C=O) groups excluding carboxylic acids is 1. The van der Waals surface area contributed by atoms with Gasteiger partial charge in [0.1, 0.15) is 0 Å². The van der Waals surface area contributed by atoms with E-state index < -0.39 is 0 Å². The average molecular weight is 409 g/mol. The van der Waals surface area contributed by atoms with Crippen LogP contribution in [0.15, 0.2) is 91.0 Å². The van der Waals surface area contributed by atoms with Gasteiger partial charge >= 0.3 is 0 Å². The third kappa shape index (κ3) is 3.92. The first-order valence-corrected chi connectivity index (χ1v) is 10.5. The van der Waals surface area contributed by atoms with Crippen LogP contribution in [-0.2, 0) is 0 Å². The van der Waals surface area contributed by atoms with Crippen molar-refractivity contribution in [2.75, 3.05) is 31.1 Å². The highest BCUT2D eigenvalue weighted by atomic mass is 16.2. The summed E-state index contributed by atoms with van der Waals surface area (Å²) in [6.45, 7) is 2.88. The van der Waals surface area contributed by atoms with E-state index >= 15 is 0 Å². The Morgan fingerprint density at radius 1 is 0.677 bits per heavy atom. The summed E-state index contributed by atoms with van der Waals surface area (Å²) >= 11 is 0. The van der Waals surface area contributed by atoms with E-state index in [1.165, 1.54) is 5.69 Å². The van der Waals surface area contributed by atoms with Gasteiger partial charge in [-0.15, -0.1) is 5.10 Å². The zero-order valence-electron chi connectivity index (χ0n) is 17.1. The minimum absolute atomic E-state index is 0.125. The van der Waals surface area contributed by atoms with Crippen LogP contribution in [0, 0.1) is 0 Å². The van der Waals surface area contributed by atoms with Gasteiger partial charge in [0.25, 0.3) is 5.91 Å². The lowest BCUT2D eigenvalue weighted by molar-refractivity contribution is 0.0734. The summed E-state index contributed by atoms with van der Waals surface area (Å²) in [6, 6.07) is 30.0. The van der Waals surface area contributed by atoms with Gasteiger partial charge in [0.05, 0.1) is 5.69 Å². The summed E-state index contributed by atoms with van der Waals surface area (Å²) in [5, 5.41) is 4.61. The molecular formula is C25H23N5O. The van der Waals surface area contributed by atoms with Crippen LogP contribution in [0.1, 0.15) is 10.6 Å². The molecule has 0 atom stereocenters. The molecule has 154 valence electrons. The number of amides is 1. The molecule has 0 aliphatic carbocycles. The topological polar surface area (TPSA) is 54.3 Å². The molecule has 1 fully saturated rings. The summed E-state index contributed by atoms with van der Waals surface area (Å²) < 4.78 is 1.75. The molecule has 6 heteroatoms. The van der Waals surface area contributed by atoms with Gasteiger partial charge in [-0.25, -0.2) is 9.67 Å². The number of hydrogen-bond donors (Lipinski definition) is 0. The second-order valence-corrected chi connectivity index (χ2v) is 7.49. The van der Waals surface area contributed by atoms with E-state index in [4.69, 9.17) is 0 Å². The van der Waals surface area contributed by atoms with Gasteiger partial charge < -0.3 is 9.80 Å².